The normalized spacial score (nSPS) is 10.3. The lowest BCUT2D eigenvalue weighted by Crippen LogP contribution is -2.00. The van der Waals surface area contributed by atoms with Gasteiger partial charge in [0.15, 0.2) is 0 Å². The highest BCUT2D eigenvalue weighted by Crippen LogP contribution is 2.15. The van der Waals surface area contributed by atoms with Gasteiger partial charge in [-0.1, -0.05) is 35.9 Å². The van der Waals surface area contributed by atoms with Crippen LogP contribution in [0, 0.1) is 20.8 Å². The lowest BCUT2D eigenvalue weighted by atomic mass is 10.1. The highest BCUT2D eigenvalue weighted by atomic mass is 14.9. The fourth-order valence-corrected chi connectivity index (χ4v) is 2.10. The number of aryl methyl sites for hydroxylation is 3. The molecule has 0 aromatic heterocycles. The first-order valence-corrected chi connectivity index (χ1v) is 6.01. The summed E-state index contributed by atoms with van der Waals surface area (Å²) < 4.78 is 0. The Labute approximate surface area is 103 Å². The van der Waals surface area contributed by atoms with Crippen molar-refractivity contribution in [2.45, 2.75) is 27.3 Å². The maximum absolute atomic E-state index is 3.47. The van der Waals surface area contributed by atoms with Gasteiger partial charge in [0.25, 0.3) is 0 Å². The van der Waals surface area contributed by atoms with Gasteiger partial charge in [-0.15, -0.1) is 0 Å². The van der Waals surface area contributed by atoms with Gasteiger partial charge >= 0.3 is 0 Å². The van der Waals surface area contributed by atoms with E-state index in [2.05, 4.69) is 68.6 Å². The van der Waals surface area contributed by atoms with Gasteiger partial charge in [0, 0.05) is 12.2 Å². The van der Waals surface area contributed by atoms with Gasteiger partial charge in [-0.3, -0.25) is 0 Å². The summed E-state index contributed by atoms with van der Waals surface area (Å²) in [5, 5.41) is 3.47. The van der Waals surface area contributed by atoms with E-state index in [0.29, 0.717) is 0 Å². The molecule has 0 radical (unpaired) electrons. The molecule has 0 aliphatic rings. The number of anilines is 1. The highest BCUT2D eigenvalue weighted by Gasteiger charge is 1.96. The molecule has 0 saturated carbocycles. The molecule has 0 aliphatic carbocycles. The third kappa shape index (κ3) is 3.35. The van der Waals surface area contributed by atoms with E-state index in [-0.39, 0.29) is 0 Å². The van der Waals surface area contributed by atoms with E-state index in [1.165, 1.54) is 27.9 Å². The summed E-state index contributed by atoms with van der Waals surface area (Å²) in [6, 6.07) is 15.2. The first-order chi connectivity index (χ1) is 8.13. The van der Waals surface area contributed by atoms with Crippen molar-refractivity contribution in [2.75, 3.05) is 5.32 Å². The van der Waals surface area contributed by atoms with Crippen LogP contribution in [0.3, 0.4) is 0 Å². The van der Waals surface area contributed by atoms with Crippen LogP contribution in [-0.4, -0.2) is 0 Å². The van der Waals surface area contributed by atoms with Crippen LogP contribution in [0.2, 0.25) is 0 Å². The minimum Gasteiger partial charge on any atom is -0.381 e. The fraction of sp³-hybridized carbons (Fsp3) is 0.250. The predicted molar refractivity (Wildman–Crippen MR) is 74.4 cm³/mol. The molecule has 17 heavy (non-hydrogen) atoms. The molecule has 0 bridgehead atoms. The molecule has 0 unspecified atom stereocenters. The second kappa shape index (κ2) is 5.05. The van der Waals surface area contributed by atoms with Crippen molar-refractivity contribution < 1.29 is 0 Å². The summed E-state index contributed by atoms with van der Waals surface area (Å²) >= 11 is 0. The SMILES string of the molecule is Cc1cccc(CNc2cc(C)cc(C)c2)c1. The highest BCUT2D eigenvalue weighted by molar-refractivity contribution is 5.48. The van der Waals surface area contributed by atoms with Crippen LogP contribution in [0.1, 0.15) is 22.3 Å². The zero-order valence-electron chi connectivity index (χ0n) is 10.7. The van der Waals surface area contributed by atoms with Crippen molar-refractivity contribution in [1.29, 1.82) is 0 Å². The van der Waals surface area contributed by atoms with Gasteiger partial charge in [0.1, 0.15) is 0 Å². The summed E-state index contributed by atoms with van der Waals surface area (Å²) in [7, 11) is 0. The molecule has 0 amide bonds. The van der Waals surface area contributed by atoms with Crippen LogP contribution >= 0.6 is 0 Å². The van der Waals surface area contributed by atoms with Gasteiger partial charge < -0.3 is 5.32 Å². The van der Waals surface area contributed by atoms with Crippen molar-refractivity contribution in [3.63, 3.8) is 0 Å². The quantitative estimate of drug-likeness (QED) is 0.824. The molecule has 0 atom stereocenters. The van der Waals surface area contributed by atoms with Crippen LogP contribution in [0.4, 0.5) is 5.69 Å². The molecule has 0 spiro atoms. The summed E-state index contributed by atoms with van der Waals surface area (Å²) in [4.78, 5) is 0. The minimum absolute atomic E-state index is 0.880. The Morgan fingerprint density at radius 2 is 1.53 bits per heavy atom. The van der Waals surface area contributed by atoms with Gasteiger partial charge in [-0.2, -0.15) is 0 Å². The van der Waals surface area contributed by atoms with Gasteiger partial charge in [0.05, 0.1) is 0 Å². The van der Waals surface area contributed by atoms with E-state index >= 15 is 0 Å². The first-order valence-electron chi connectivity index (χ1n) is 6.01. The average molecular weight is 225 g/mol. The largest absolute Gasteiger partial charge is 0.381 e. The lowest BCUT2D eigenvalue weighted by Gasteiger charge is -2.09. The molecule has 2 aromatic rings. The summed E-state index contributed by atoms with van der Waals surface area (Å²) in [5.74, 6) is 0. The number of rotatable bonds is 3. The number of benzene rings is 2. The number of hydrogen-bond donors (Lipinski definition) is 1. The molecule has 2 aromatic carbocycles. The molecule has 0 saturated heterocycles. The van der Waals surface area contributed by atoms with E-state index in [1.54, 1.807) is 0 Å². The second-order valence-electron chi connectivity index (χ2n) is 4.72. The third-order valence-electron chi connectivity index (χ3n) is 2.80. The van der Waals surface area contributed by atoms with Crippen molar-refractivity contribution >= 4 is 5.69 Å². The molecule has 0 heterocycles. The maximum atomic E-state index is 3.47. The van der Waals surface area contributed by atoms with E-state index in [9.17, 15) is 0 Å². The molecular weight excluding hydrogens is 206 g/mol. The smallest absolute Gasteiger partial charge is 0.0400 e. The van der Waals surface area contributed by atoms with E-state index < -0.39 is 0 Å². The van der Waals surface area contributed by atoms with Crippen LogP contribution in [-0.2, 0) is 6.54 Å². The Kier molecular flexibility index (Phi) is 3.48. The Hall–Kier alpha value is -1.76. The van der Waals surface area contributed by atoms with Gasteiger partial charge in [-0.25, -0.2) is 0 Å². The molecule has 2 rings (SSSR count). The zero-order valence-corrected chi connectivity index (χ0v) is 10.7. The third-order valence-corrected chi connectivity index (χ3v) is 2.80. The van der Waals surface area contributed by atoms with E-state index in [1.807, 2.05) is 0 Å². The van der Waals surface area contributed by atoms with Gasteiger partial charge in [-0.05, 0) is 49.6 Å². The Bertz CT molecular complexity index is 494. The summed E-state index contributed by atoms with van der Waals surface area (Å²) in [5.41, 5.74) is 6.44. The molecule has 0 fully saturated rings. The number of nitrogens with one attached hydrogen (secondary N) is 1. The molecule has 1 nitrogen and oxygen atoms in total. The van der Waals surface area contributed by atoms with Crippen LogP contribution in [0.15, 0.2) is 42.5 Å². The standard InChI is InChI=1S/C16H19N/c1-12-5-4-6-15(8-12)11-17-16-9-13(2)7-14(3)10-16/h4-10,17H,11H2,1-3H3. The lowest BCUT2D eigenvalue weighted by molar-refractivity contribution is 1.14. The van der Waals surface area contributed by atoms with Crippen LogP contribution in [0.5, 0.6) is 0 Å². The molecule has 88 valence electrons. The molecule has 1 heteroatoms. The molecule has 0 aliphatic heterocycles. The van der Waals surface area contributed by atoms with Crippen molar-refractivity contribution in [3.05, 3.63) is 64.7 Å². The second-order valence-corrected chi connectivity index (χ2v) is 4.72. The molecule has 1 N–H and O–H groups in total. The van der Waals surface area contributed by atoms with Crippen LogP contribution in [0.25, 0.3) is 0 Å². The summed E-state index contributed by atoms with van der Waals surface area (Å²) in [6.45, 7) is 7.26. The van der Waals surface area contributed by atoms with Crippen molar-refractivity contribution in [3.8, 4) is 0 Å². The van der Waals surface area contributed by atoms with Crippen LogP contribution < -0.4 is 5.32 Å². The monoisotopic (exact) mass is 225 g/mol. The zero-order chi connectivity index (χ0) is 12.3. The predicted octanol–water partition coefficient (Wildman–Crippen LogP) is 4.22. The Balaban J connectivity index is 2.07. The Morgan fingerprint density at radius 3 is 2.18 bits per heavy atom. The van der Waals surface area contributed by atoms with E-state index in [4.69, 9.17) is 0 Å². The first kappa shape index (κ1) is 11.7. The fourth-order valence-electron chi connectivity index (χ4n) is 2.10. The number of hydrogen-bond acceptors (Lipinski definition) is 1. The summed E-state index contributed by atoms with van der Waals surface area (Å²) in [6.07, 6.45) is 0. The minimum atomic E-state index is 0.880. The average Bonchev–Trinajstić information content (AvgIpc) is 2.25. The topological polar surface area (TPSA) is 12.0 Å². The van der Waals surface area contributed by atoms with Crippen molar-refractivity contribution in [2.24, 2.45) is 0 Å². The van der Waals surface area contributed by atoms with Gasteiger partial charge in [0.2, 0.25) is 0 Å². The van der Waals surface area contributed by atoms with Crippen molar-refractivity contribution in [1.82, 2.24) is 0 Å². The van der Waals surface area contributed by atoms with E-state index in [0.717, 1.165) is 6.54 Å². The molecular formula is C16H19N. The Morgan fingerprint density at radius 1 is 0.824 bits per heavy atom. The maximum Gasteiger partial charge on any atom is 0.0400 e.